The van der Waals surface area contributed by atoms with Crippen molar-refractivity contribution >= 4 is 17.1 Å². The van der Waals surface area contributed by atoms with Crippen LogP contribution in [0.25, 0.3) is 22.6 Å². The molecule has 0 radical (unpaired) electrons. The molecule has 1 fully saturated rings. The van der Waals surface area contributed by atoms with Crippen LogP contribution in [-0.4, -0.2) is 25.9 Å². The molecular weight excluding hydrogens is 414 g/mol. The van der Waals surface area contributed by atoms with Gasteiger partial charge in [-0.15, -0.1) is 0 Å². The highest BCUT2D eigenvalue weighted by atomic mass is 19.1. The standard InChI is InChI=1S/C24H18F2N4O2/c25-16-6-3-7-17(26)19(16)22-27-12-18-21(30-22)29-20(28-18)13-8-10-24(11-9-13)15-5-2-1-4-14(15)23(31)32-24/h1-7,12-13H,8-11H2,(H,27,28,29,30)/t13-,24-. The van der Waals surface area contributed by atoms with Gasteiger partial charge in [-0.25, -0.2) is 28.5 Å². The van der Waals surface area contributed by atoms with Crippen LogP contribution in [0.3, 0.4) is 0 Å². The Balaban J connectivity index is 1.28. The van der Waals surface area contributed by atoms with Gasteiger partial charge in [0.1, 0.15) is 28.6 Å². The number of nitrogens with one attached hydrogen (secondary N) is 1. The predicted molar refractivity (Wildman–Crippen MR) is 112 cm³/mol. The number of esters is 1. The maximum Gasteiger partial charge on any atom is 0.339 e. The summed E-state index contributed by atoms with van der Waals surface area (Å²) in [6, 6.07) is 11.2. The molecule has 0 bridgehead atoms. The highest BCUT2D eigenvalue weighted by Crippen LogP contribution is 2.49. The van der Waals surface area contributed by atoms with Crippen molar-refractivity contribution in [3.63, 3.8) is 0 Å². The minimum atomic E-state index is -0.718. The number of hydrogen-bond donors (Lipinski definition) is 1. The smallest absolute Gasteiger partial charge is 0.339 e. The normalized spacial score (nSPS) is 22.3. The number of hydrogen-bond acceptors (Lipinski definition) is 5. The Morgan fingerprint density at radius 2 is 1.75 bits per heavy atom. The molecule has 4 aromatic rings. The SMILES string of the molecule is O=C1O[C@]2(CC[C@H](c3nc4nc(-c5c(F)cccc5F)ncc4[nH]3)CC2)c2ccccc21. The number of nitrogens with zero attached hydrogens (tertiary/aromatic N) is 3. The monoisotopic (exact) mass is 432 g/mol. The van der Waals surface area contributed by atoms with Crippen LogP contribution < -0.4 is 0 Å². The fourth-order valence-corrected chi connectivity index (χ4v) is 4.93. The number of fused-ring (bicyclic) bond motifs is 3. The largest absolute Gasteiger partial charge is 0.451 e. The van der Waals surface area contributed by atoms with Gasteiger partial charge in [-0.3, -0.25) is 0 Å². The maximum atomic E-state index is 14.1. The van der Waals surface area contributed by atoms with Gasteiger partial charge in [-0.05, 0) is 43.9 Å². The van der Waals surface area contributed by atoms with Crippen LogP contribution in [-0.2, 0) is 10.3 Å². The second-order valence-electron chi connectivity index (χ2n) is 8.35. The topological polar surface area (TPSA) is 80.8 Å². The number of rotatable bonds is 2. The Hall–Kier alpha value is -3.68. The molecule has 1 aliphatic carbocycles. The number of imidazole rings is 1. The van der Waals surface area contributed by atoms with E-state index in [9.17, 15) is 13.6 Å². The lowest BCUT2D eigenvalue weighted by Gasteiger charge is -2.35. The highest BCUT2D eigenvalue weighted by Gasteiger charge is 2.47. The molecule has 8 heteroatoms. The zero-order chi connectivity index (χ0) is 21.9. The van der Waals surface area contributed by atoms with Crippen LogP contribution in [0.15, 0.2) is 48.7 Å². The van der Waals surface area contributed by atoms with Gasteiger partial charge in [-0.2, -0.15) is 0 Å². The van der Waals surface area contributed by atoms with E-state index in [1.807, 2.05) is 24.3 Å². The van der Waals surface area contributed by atoms with Crippen LogP contribution >= 0.6 is 0 Å². The van der Waals surface area contributed by atoms with Crippen LogP contribution in [0.1, 0.15) is 53.3 Å². The fraction of sp³-hybridized carbons (Fsp3) is 0.250. The summed E-state index contributed by atoms with van der Waals surface area (Å²) in [4.78, 5) is 28.6. The minimum Gasteiger partial charge on any atom is -0.451 e. The van der Waals surface area contributed by atoms with Crippen LogP contribution in [0.2, 0.25) is 0 Å². The third kappa shape index (κ3) is 2.82. The van der Waals surface area contributed by atoms with Crippen LogP contribution in [0.5, 0.6) is 0 Å². The van der Waals surface area contributed by atoms with E-state index in [1.165, 1.54) is 24.4 Å². The van der Waals surface area contributed by atoms with E-state index < -0.39 is 17.2 Å². The van der Waals surface area contributed by atoms with Gasteiger partial charge in [-0.1, -0.05) is 24.3 Å². The van der Waals surface area contributed by atoms with Gasteiger partial charge in [0.05, 0.1) is 17.3 Å². The fourth-order valence-electron chi connectivity index (χ4n) is 4.93. The summed E-state index contributed by atoms with van der Waals surface area (Å²) in [6.45, 7) is 0. The van der Waals surface area contributed by atoms with Crippen molar-refractivity contribution in [2.75, 3.05) is 0 Å². The Morgan fingerprint density at radius 1 is 1.00 bits per heavy atom. The molecule has 0 amide bonds. The van der Waals surface area contributed by atoms with E-state index in [1.54, 1.807) is 0 Å². The molecule has 0 saturated heterocycles. The first kappa shape index (κ1) is 19.0. The molecule has 2 aliphatic rings. The van der Waals surface area contributed by atoms with Crippen molar-refractivity contribution in [2.45, 2.75) is 37.2 Å². The summed E-state index contributed by atoms with van der Waals surface area (Å²) in [5.74, 6) is -0.842. The number of aromatic amines is 1. The molecule has 1 N–H and O–H groups in total. The van der Waals surface area contributed by atoms with Gasteiger partial charge >= 0.3 is 5.97 Å². The number of halogens is 2. The average molecular weight is 432 g/mol. The summed E-state index contributed by atoms with van der Waals surface area (Å²) in [5.41, 5.74) is 1.77. The van der Waals surface area contributed by atoms with E-state index in [4.69, 9.17) is 4.74 Å². The van der Waals surface area contributed by atoms with Gasteiger partial charge < -0.3 is 9.72 Å². The Bertz CT molecular complexity index is 1360. The molecule has 1 saturated carbocycles. The van der Waals surface area contributed by atoms with Gasteiger partial charge in [0.2, 0.25) is 0 Å². The van der Waals surface area contributed by atoms with Crippen molar-refractivity contribution in [3.8, 4) is 11.4 Å². The van der Waals surface area contributed by atoms with Gasteiger partial charge in [0.25, 0.3) is 0 Å². The molecule has 2 aromatic heterocycles. The molecule has 2 aromatic carbocycles. The Morgan fingerprint density at radius 3 is 2.53 bits per heavy atom. The molecule has 3 heterocycles. The quantitative estimate of drug-likeness (QED) is 0.450. The van der Waals surface area contributed by atoms with Crippen LogP contribution in [0, 0.1) is 11.6 Å². The number of carbonyl (C=O) groups is 1. The average Bonchev–Trinajstić information content (AvgIpc) is 3.34. The number of ether oxygens (including phenoxy) is 1. The predicted octanol–water partition coefficient (Wildman–Crippen LogP) is 5.02. The molecule has 0 atom stereocenters. The molecule has 160 valence electrons. The summed E-state index contributed by atoms with van der Waals surface area (Å²) in [7, 11) is 0. The van der Waals surface area contributed by atoms with Crippen LogP contribution in [0.4, 0.5) is 8.78 Å². The first-order valence-electron chi connectivity index (χ1n) is 10.5. The Labute approximate surface area is 181 Å². The Kier molecular flexibility index (Phi) is 4.11. The van der Waals surface area contributed by atoms with E-state index in [0.29, 0.717) is 29.6 Å². The first-order valence-corrected chi connectivity index (χ1v) is 10.5. The lowest BCUT2D eigenvalue weighted by molar-refractivity contribution is -0.0312. The zero-order valence-electron chi connectivity index (χ0n) is 16.9. The lowest BCUT2D eigenvalue weighted by atomic mass is 9.75. The minimum absolute atomic E-state index is 0.0387. The molecule has 1 spiro atoms. The summed E-state index contributed by atoms with van der Waals surface area (Å²) in [6.07, 6.45) is 4.47. The second kappa shape index (κ2) is 6.91. The molecular formula is C24H18F2N4O2. The molecule has 32 heavy (non-hydrogen) atoms. The van der Waals surface area contributed by atoms with Crippen molar-refractivity contribution in [2.24, 2.45) is 0 Å². The number of aromatic nitrogens is 4. The van der Waals surface area contributed by atoms with Crippen molar-refractivity contribution < 1.29 is 18.3 Å². The van der Waals surface area contributed by atoms with E-state index in [-0.39, 0.29) is 23.3 Å². The van der Waals surface area contributed by atoms with E-state index in [0.717, 1.165) is 24.2 Å². The molecule has 6 rings (SSSR count). The van der Waals surface area contributed by atoms with Crippen molar-refractivity contribution in [1.29, 1.82) is 0 Å². The number of H-pyrrole nitrogens is 1. The lowest BCUT2D eigenvalue weighted by Crippen LogP contribution is -2.31. The van der Waals surface area contributed by atoms with Crippen molar-refractivity contribution in [3.05, 3.63) is 77.2 Å². The zero-order valence-corrected chi connectivity index (χ0v) is 16.9. The summed E-state index contributed by atoms with van der Waals surface area (Å²) in [5, 5.41) is 0. The second-order valence-corrected chi connectivity index (χ2v) is 8.35. The van der Waals surface area contributed by atoms with Crippen molar-refractivity contribution in [1.82, 2.24) is 19.9 Å². The van der Waals surface area contributed by atoms with Gasteiger partial charge in [0, 0.05) is 11.5 Å². The molecule has 6 nitrogen and oxygen atoms in total. The highest BCUT2D eigenvalue weighted by molar-refractivity contribution is 5.94. The van der Waals surface area contributed by atoms with E-state index >= 15 is 0 Å². The summed E-state index contributed by atoms with van der Waals surface area (Å²) >= 11 is 0. The van der Waals surface area contributed by atoms with Gasteiger partial charge in [0.15, 0.2) is 11.5 Å². The molecule has 1 aliphatic heterocycles. The summed E-state index contributed by atoms with van der Waals surface area (Å²) < 4.78 is 34.1. The number of carbonyl (C=O) groups excluding carboxylic acids is 1. The molecule has 0 unspecified atom stereocenters. The first-order chi connectivity index (χ1) is 15.5. The van der Waals surface area contributed by atoms with E-state index in [2.05, 4.69) is 19.9 Å². The maximum absolute atomic E-state index is 14.1. The third-order valence-electron chi connectivity index (χ3n) is 6.55. The number of benzene rings is 2. The third-order valence-corrected chi connectivity index (χ3v) is 6.55.